The van der Waals surface area contributed by atoms with E-state index < -0.39 is 12.3 Å². The maximum atomic E-state index is 12.8. The lowest BCUT2D eigenvalue weighted by Crippen LogP contribution is -2.38. The number of hydrogen-bond acceptors (Lipinski definition) is 4. The molecule has 158 valence electrons. The minimum Gasteiger partial charge on any atom is -0.349 e. The minimum atomic E-state index is -2.30. The first kappa shape index (κ1) is 20.8. The Morgan fingerprint density at radius 3 is 2.53 bits per heavy atom. The number of amides is 1. The van der Waals surface area contributed by atoms with Crippen LogP contribution >= 0.6 is 23.2 Å². The van der Waals surface area contributed by atoms with Gasteiger partial charge in [0.2, 0.25) is 12.4 Å². The van der Waals surface area contributed by atoms with Crippen molar-refractivity contribution >= 4 is 51.9 Å². The average Bonchev–Trinajstić information content (AvgIpc) is 3.13. The summed E-state index contributed by atoms with van der Waals surface area (Å²) in [6.45, 7) is 0. The molecule has 1 aromatic carbocycles. The van der Waals surface area contributed by atoms with Gasteiger partial charge in [0.1, 0.15) is 5.52 Å². The third-order valence-corrected chi connectivity index (χ3v) is 5.90. The number of rotatable bonds is 5. The predicted octanol–water partition coefficient (Wildman–Crippen LogP) is 5.56. The Balaban J connectivity index is 1.45. The summed E-state index contributed by atoms with van der Waals surface area (Å²) in [4.78, 5) is 24.2. The van der Waals surface area contributed by atoms with E-state index in [2.05, 4.69) is 25.6 Å². The highest BCUT2D eigenvalue weighted by atomic mass is 35.5. The largest absolute Gasteiger partial charge is 0.349 e. The standard InChI is InChI=1S/C20H19Cl2F2N5O/c21-13-2-1-3-14(22)16(13)28-20-27-15-8-11(9-25-18(15)29-20)19(30)26-12-6-4-10(5-7-12)17(23)24/h1-3,8-10,12,17H,4-7H2,(H,26,30)(H2,25,27,28,29). The topological polar surface area (TPSA) is 82.7 Å². The van der Waals surface area contributed by atoms with Gasteiger partial charge in [0, 0.05) is 18.2 Å². The number of anilines is 2. The Bertz CT molecular complexity index is 1050. The van der Waals surface area contributed by atoms with Crippen molar-refractivity contribution in [2.75, 3.05) is 5.32 Å². The van der Waals surface area contributed by atoms with E-state index in [9.17, 15) is 13.6 Å². The molecule has 6 nitrogen and oxygen atoms in total. The fourth-order valence-electron chi connectivity index (χ4n) is 3.60. The van der Waals surface area contributed by atoms with Crippen LogP contribution in [0.3, 0.4) is 0 Å². The molecule has 0 aliphatic heterocycles. The van der Waals surface area contributed by atoms with Crippen molar-refractivity contribution in [3.63, 3.8) is 0 Å². The van der Waals surface area contributed by atoms with Crippen LogP contribution in [0.1, 0.15) is 36.0 Å². The number of carbonyl (C=O) groups is 1. The number of alkyl halides is 2. The van der Waals surface area contributed by atoms with Gasteiger partial charge in [0.25, 0.3) is 5.91 Å². The molecule has 4 rings (SSSR count). The molecule has 3 N–H and O–H groups in total. The molecular weight excluding hydrogens is 435 g/mol. The molecule has 0 atom stereocenters. The van der Waals surface area contributed by atoms with Gasteiger partial charge in [0.15, 0.2) is 5.65 Å². The average molecular weight is 454 g/mol. The molecule has 0 spiro atoms. The number of para-hydroxylation sites is 1. The van der Waals surface area contributed by atoms with Crippen LogP contribution in [-0.4, -0.2) is 33.3 Å². The smallest absolute Gasteiger partial charge is 0.253 e. The van der Waals surface area contributed by atoms with E-state index in [1.54, 1.807) is 24.3 Å². The SMILES string of the molecule is O=C(NC1CCC(C(F)F)CC1)c1cnc2[nH]c(Nc3c(Cl)cccc3Cl)nc2c1. The van der Waals surface area contributed by atoms with E-state index >= 15 is 0 Å². The molecule has 0 saturated heterocycles. The number of benzene rings is 1. The van der Waals surface area contributed by atoms with Crippen LogP contribution in [0.4, 0.5) is 20.4 Å². The zero-order chi connectivity index (χ0) is 21.3. The molecular formula is C20H19Cl2F2N5O. The van der Waals surface area contributed by atoms with Crippen molar-refractivity contribution in [1.82, 2.24) is 20.3 Å². The number of pyridine rings is 1. The van der Waals surface area contributed by atoms with E-state index in [4.69, 9.17) is 23.2 Å². The molecule has 2 heterocycles. The number of halogens is 4. The summed E-state index contributed by atoms with van der Waals surface area (Å²) in [6.07, 6.45) is 1.08. The molecule has 1 fully saturated rings. The van der Waals surface area contributed by atoms with Crippen LogP contribution in [0.5, 0.6) is 0 Å². The number of hydrogen-bond donors (Lipinski definition) is 3. The van der Waals surface area contributed by atoms with Crippen LogP contribution in [-0.2, 0) is 0 Å². The summed E-state index contributed by atoms with van der Waals surface area (Å²) in [5.74, 6) is -0.482. The maximum Gasteiger partial charge on any atom is 0.253 e. The summed E-state index contributed by atoms with van der Waals surface area (Å²) >= 11 is 12.3. The summed E-state index contributed by atoms with van der Waals surface area (Å²) in [5, 5.41) is 6.82. The van der Waals surface area contributed by atoms with Gasteiger partial charge in [-0.2, -0.15) is 0 Å². The fourth-order valence-corrected chi connectivity index (χ4v) is 4.09. The van der Waals surface area contributed by atoms with Crippen molar-refractivity contribution in [2.24, 2.45) is 5.92 Å². The van der Waals surface area contributed by atoms with Gasteiger partial charge in [-0.1, -0.05) is 29.3 Å². The van der Waals surface area contributed by atoms with Gasteiger partial charge in [-0.15, -0.1) is 0 Å². The molecule has 0 bridgehead atoms. The zero-order valence-electron chi connectivity index (χ0n) is 15.8. The second kappa shape index (κ2) is 8.73. The van der Waals surface area contributed by atoms with Crippen LogP contribution in [0.25, 0.3) is 11.2 Å². The molecule has 1 amide bonds. The van der Waals surface area contributed by atoms with E-state index in [0.29, 0.717) is 64.1 Å². The first-order chi connectivity index (χ1) is 14.4. The zero-order valence-corrected chi connectivity index (χ0v) is 17.3. The van der Waals surface area contributed by atoms with E-state index in [1.165, 1.54) is 6.20 Å². The molecule has 0 unspecified atom stereocenters. The number of nitrogens with one attached hydrogen (secondary N) is 3. The van der Waals surface area contributed by atoms with E-state index in [0.717, 1.165) is 0 Å². The second-order valence-electron chi connectivity index (χ2n) is 7.32. The first-order valence-corrected chi connectivity index (χ1v) is 10.3. The number of nitrogens with zero attached hydrogens (tertiary/aromatic N) is 2. The van der Waals surface area contributed by atoms with Crippen molar-refractivity contribution in [3.05, 3.63) is 46.1 Å². The van der Waals surface area contributed by atoms with Gasteiger partial charge in [-0.3, -0.25) is 4.79 Å². The van der Waals surface area contributed by atoms with E-state index in [-0.39, 0.29) is 11.9 Å². The number of fused-ring (bicyclic) bond motifs is 1. The molecule has 3 aromatic rings. The molecule has 1 saturated carbocycles. The Morgan fingerprint density at radius 1 is 1.17 bits per heavy atom. The normalized spacial score (nSPS) is 19.2. The monoisotopic (exact) mass is 453 g/mol. The van der Waals surface area contributed by atoms with E-state index in [1.807, 2.05) is 0 Å². The fraction of sp³-hybridized carbons (Fsp3) is 0.350. The van der Waals surface area contributed by atoms with Crippen LogP contribution in [0, 0.1) is 5.92 Å². The Kier molecular flexibility index (Phi) is 6.06. The summed E-state index contributed by atoms with van der Waals surface area (Å²) in [6, 6.07) is 6.66. The number of aromatic amines is 1. The Morgan fingerprint density at radius 2 is 1.87 bits per heavy atom. The summed E-state index contributed by atoms with van der Waals surface area (Å²) < 4.78 is 25.6. The predicted molar refractivity (Wildman–Crippen MR) is 113 cm³/mol. The summed E-state index contributed by atoms with van der Waals surface area (Å²) in [5.41, 5.74) is 1.86. The molecule has 30 heavy (non-hydrogen) atoms. The van der Waals surface area contributed by atoms with Crippen molar-refractivity contribution in [2.45, 2.75) is 38.2 Å². The van der Waals surface area contributed by atoms with Gasteiger partial charge >= 0.3 is 0 Å². The number of aromatic nitrogens is 3. The number of carbonyl (C=O) groups excluding carboxylic acids is 1. The van der Waals surface area contributed by atoms with Crippen LogP contribution in [0.15, 0.2) is 30.5 Å². The van der Waals surface area contributed by atoms with Crippen LogP contribution in [0.2, 0.25) is 10.0 Å². The highest BCUT2D eigenvalue weighted by molar-refractivity contribution is 6.39. The van der Waals surface area contributed by atoms with Crippen LogP contribution < -0.4 is 10.6 Å². The number of H-pyrrole nitrogens is 1. The maximum absolute atomic E-state index is 12.8. The highest BCUT2D eigenvalue weighted by Crippen LogP contribution is 2.32. The number of imidazole rings is 1. The van der Waals surface area contributed by atoms with Gasteiger partial charge in [-0.05, 0) is 43.9 Å². The highest BCUT2D eigenvalue weighted by Gasteiger charge is 2.28. The third-order valence-electron chi connectivity index (χ3n) is 5.27. The Hall–Kier alpha value is -2.45. The van der Waals surface area contributed by atoms with Gasteiger partial charge < -0.3 is 15.6 Å². The molecule has 10 heteroatoms. The molecule has 2 aromatic heterocycles. The van der Waals surface area contributed by atoms with Gasteiger partial charge in [0.05, 0.1) is 21.3 Å². The Labute approximate surface area is 181 Å². The second-order valence-corrected chi connectivity index (χ2v) is 8.13. The van der Waals surface area contributed by atoms with Gasteiger partial charge in [-0.25, -0.2) is 18.7 Å². The minimum absolute atomic E-state index is 0.109. The van der Waals surface area contributed by atoms with Crippen molar-refractivity contribution < 1.29 is 13.6 Å². The molecule has 1 aliphatic rings. The van der Waals surface area contributed by atoms with Crippen molar-refractivity contribution in [1.29, 1.82) is 0 Å². The lowest BCUT2D eigenvalue weighted by molar-refractivity contribution is 0.0499. The summed E-state index contributed by atoms with van der Waals surface area (Å²) in [7, 11) is 0. The lowest BCUT2D eigenvalue weighted by Gasteiger charge is -2.28. The van der Waals surface area contributed by atoms with Crippen molar-refractivity contribution in [3.8, 4) is 0 Å². The molecule has 0 radical (unpaired) electrons. The quantitative estimate of drug-likeness (QED) is 0.471. The molecule has 1 aliphatic carbocycles. The lowest BCUT2D eigenvalue weighted by atomic mass is 9.86. The first-order valence-electron chi connectivity index (χ1n) is 9.56. The third kappa shape index (κ3) is 4.49.